The number of carbonyl (C=O) groups is 1. The normalized spacial score (nSPS) is 17.7. The number of rotatable bonds is 4. The predicted molar refractivity (Wildman–Crippen MR) is 83.0 cm³/mol. The fraction of sp³-hybridized carbons (Fsp3) is 0.412. The molecule has 1 unspecified atom stereocenters. The first-order valence-corrected chi connectivity index (χ1v) is 7.55. The molecule has 1 atom stereocenters. The van der Waals surface area contributed by atoms with E-state index in [1.165, 1.54) is 5.69 Å². The summed E-state index contributed by atoms with van der Waals surface area (Å²) in [5, 5.41) is 3.78. The van der Waals surface area contributed by atoms with Crippen LogP contribution in [-0.2, 0) is 4.74 Å². The van der Waals surface area contributed by atoms with Crippen molar-refractivity contribution >= 4 is 11.7 Å². The van der Waals surface area contributed by atoms with Crippen LogP contribution in [0.4, 0.5) is 5.69 Å². The number of aryl methyl sites for hydroxylation is 2. The molecular weight excluding hydrogens is 280 g/mol. The maximum atomic E-state index is 12.1. The van der Waals surface area contributed by atoms with E-state index in [-0.39, 0.29) is 5.97 Å². The van der Waals surface area contributed by atoms with Crippen LogP contribution in [0.15, 0.2) is 34.9 Å². The zero-order valence-electron chi connectivity index (χ0n) is 12.9. The molecule has 0 N–H and O–H groups in total. The van der Waals surface area contributed by atoms with Gasteiger partial charge >= 0.3 is 5.97 Å². The van der Waals surface area contributed by atoms with E-state index in [9.17, 15) is 4.79 Å². The number of hydrogen-bond acceptors (Lipinski definition) is 5. The van der Waals surface area contributed by atoms with E-state index >= 15 is 0 Å². The van der Waals surface area contributed by atoms with Crippen LogP contribution < -0.4 is 4.90 Å². The smallest absolute Gasteiger partial charge is 0.343 e. The Morgan fingerprint density at radius 2 is 2.14 bits per heavy atom. The van der Waals surface area contributed by atoms with E-state index in [1.807, 2.05) is 18.2 Å². The molecule has 0 saturated carbocycles. The minimum atomic E-state index is -0.339. The lowest BCUT2D eigenvalue weighted by Crippen LogP contribution is -2.22. The molecule has 1 aliphatic heterocycles. The molecule has 0 radical (unpaired) electrons. The molecule has 1 aromatic heterocycles. The summed E-state index contributed by atoms with van der Waals surface area (Å²) >= 11 is 0. The molecule has 3 rings (SSSR count). The molecule has 0 amide bonds. The van der Waals surface area contributed by atoms with Gasteiger partial charge in [-0.1, -0.05) is 23.4 Å². The van der Waals surface area contributed by atoms with Gasteiger partial charge in [-0.15, -0.1) is 0 Å². The molecule has 0 bridgehead atoms. The summed E-state index contributed by atoms with van der Waals surface area (Å²) in [4.78, 5) is 14.4. The fourth-order valence-electron chi connectivity index (χ4n) is 2.88. The van der Waals surface area contributed by atoms with Crippen LogP contribution in [0.3, 0.4) is 0 Å². The van der Waals surface area contributed by atoms with Gasteiger partial charge < -0.3 is 14.2 Å². The van der Waals surface area contributed by atoms with Crippen molar-refractivity contribution in [3.8, 4) is 0 Å². The molecule has 5 nitrogen and oxygen atoms in total. The molecule has 1 aromatic carbocycles. The molecule has 1 saturated heterocycles. The van der Waals surface area contributed by atoms with Crippen molar-refractivity contribution in [3.63, 3.8) is 0 Å². The standard InChI is InChI=1S/C17H20N2O3/c1-12-16(13(2)22-18-12)17(20)21-11-14-8-9-19(10-14)15-6-4-3-5-7-15/h3-7,14H,8-11H2,1-2H3. The molecule has 116 valence electrons. The Hall–Kier alpha value is -2.30. The van der Waals surface area contributed by atoms with Gasteiger partial charge in [-0.3, -0.25) is 0 Å². The van der Waals surface area contributed by atoms with Gasteiger partial charge in [0.15, 0.2) is 0 Å². The Kier molecular flexibility index (Phi) is 4.13. The van der Waals surface area contributed by atoms with E-state index in [0.717, 1.165) is 19.5 Å². The van der Waals surface area contributed by atoms with Crippen LogP contribution in [-0.4, -0.2) is 30.8 Å². The first-order chi connectivity index (χ1) is 10.6. The van der Waals surface area contributed by atoms with Crippen molar-refractivity contribution in [2.24, 2.45) is 5.92 Å². The third-order valence-electron chi connectivity index (χ3n) is 4.09. The average Bonchev–Trinajstić information content (AvgIpc) is 3.13. The number of hydrogen-bond donors (Lipinski definition) is 0. The van der Waals surface area contributed by atoms with Crippen LogP contribution >= 0.6 is 0 Å². The Balaban J connectivity index is 1.54. The molecule has 2 aromatic rings. The molecule has 0 spiro atoms. The zero-order valence-corrected chi connectivity index (χ0v) is 12.9. The first-order valence-electron chi connectivity index (χ1n) is 7.55. The van der Waals surface area contributed by atoms with Crippen molar-refractivity contribution in [2.75, 3.05) is 24.6 Å². The van der Waals surface area contributed by atoms with Gasteiger partial charge in [-0.2, -0.15) is 0 Å². The van der Waals surface area contributed by atoms with Crippen LogP contribution in [0.2, 0.25) is 0 Å². The van der Waals surface area contributed by atoms with Crippen molar-refractivity contribution in [3.05, 3.63) is 47.3 Å². The summed E-state index contributed by atoms with van der Waals surface area (Å²) in [5.41, 5.74) is 2.26. The van der Waals surface area contributed by atoms with Crippen molar-refractivity contribution in [1.82, 2.24) is 5.16 Å². The van der Waals surface area contributed by atoms with Gasteiger partial charge in [0, 0.05) is 24.7 Å². The van der Waals surface area contributed by atoms with E-state index in [1.54, 1.807) is 13.8 Å². The maximum Gasteiger partial charge on any atom is 0.343 e. The highest BCUT2D eigenvalue weighted by molar-refractivity contribution is 5.91. The molecule has 2 heterocycles. The van der Waals surface area contributed by atoms with Gasteiger partial charge in [-0.05, 0) is 32.4 Å². The van der Waals surface area contributed by atoms with Crippen LogP contribution in [0.25, 0.3) is 0 Å². The largest absolute Gasteiger partial charge is 0.462 e. The molecule has 0 aliphatic carbocycles. The number of esters is 1. The van der Waals surface area contributed by atoms with Gasteiger partial charge in [0.2, 0.25) is 0 Å². The maximum absolute atomic E-state index is 12.1. The number of benzene rings is 1. The Labute approximate surface area is 129 Å². The monoisotopic (exact) mass is 300 g/mol. The van der Waals surface area contributed by atoms with Gasteiger partial charge in [0.05, 0.1) is 12.3 Å². The SMILES string of the molecule is Cc1noc(C)c1C(=O)OCC1CCN(c2ccccc2)C1. The van der Waals surface area contributed by atoms with Crippen LogP contribution in [0.5, 0.6) is 0 Å². The first kappa shape index (κ1) is 14.6. The van der Waals surface area contributed by atoms with E-state index < -0.39 is 0 Å². The highest BCUT2D eigenvalue weighted by Gasteiger charge is 2.25. The second-order valence-corrected chi connectivity index (χ2v) is 5.73. The summed E-state index contributed by atoms with van der Waals surface area (Å²) in [7, 11) is 0. The molecule has 1 fully saturated rings. The summed E-state index contributed by atoms with van der Waals surface area (Å²) < 4.78 is 10.5. The Bertz CT molecular complexity index is 632. The average molecular weight is 300 g/mol. The number of ether oxygens (including phenoxy) is 1. The van der Waals surface area contributed by atoms with Crippen LogP contribution in [0.1, 0.15) is 28.2 Å². The molecule has 5 heteroatoms. The van der Waals surface area contributed by atoms with Crippen molar-refractivity contribution in [1.29, 1.82) is 0 Å². The lowest BCUT2D eigenvalue weighted by atomic mass is 10.1. The minimum absolute atomic E-state index is 0.339. The second-order valence-electron chi connectivity index (χ2n) is 5.73. The number of anilines is 1. The van der Waals surface area contributed by atoms with Gasteiger partial charge in [0.1, 0.15) is 11.3 Å². The number of nitrogens with zero attached hydrogens (tertiary/aromatic N) is 2. The second kappa shape index (κ2) is 6.22. The minimum Gasteiger partial charge on any atom is -0.462 e. The topological polar surface area (TPSA) is 55.6 Å². The van der Waals surface area contributed by atoms with Crippen molar-refractivity contribution < 1.29 is 14.1 Å². The van der Waals surface area contributed by atoms with Crippen molar-refractivity contribution in [2.45, 2.75) is 20.3 Å². The highest BCUT2D eigenvalue weighted by atomic mass is 16.5. The summed E-state index contributed by atoms with van der Waals surface area (Å²) in [5.74, 6) is 0.541. The lowest BCUT2D eigenvalue weighted by Gasteiger charge is -2.18. The summed E-state index contributed by atoms with van der Waals surface area (Å²) in [6.07, 6.45) is 1.03. The summed E-state index contributed by atoms with van der Waals surface area (Å²) in [6, 6.07) is 10.3. The van der Waals surface area contributed by atoms with Gasteiger partial charge in [-0.25, -0.2) is 4.79 Å². The Morgan fingerprint density at radius 1 is 1.36 bits per heavy atom. The van der Waals surface area contributed by atoms with E-state index in [2.05, 4.69) is 22.2 Å². The lowest BCUT2D eigenvalue weighted by molar-refractivity contribution is 0.0448. The quantitative estimate of drug-likeness (QED) is 0.813. The molecule has 1 aliphatic rings. The van der Waals surface area contributed by atoms with E-state index in [0.29, 0.717) is 29.5 Å². The fourth-order valence-corrected chi connectivity index (χ4v) is 2.88. The van der Waals surface area contributed by atoms with Gasteiger partial charge in [0.25, 0.3) is 0 Å². The third-order valence-corrected chi connectivity index (χ3v) is 4.09. The van der Waals surface area contributed by atoms with E-state index in [4.69, 9.17) is 9.26 Å². The van der Waals surface area contributed by atoms with Crippen LogP contribution in [0, 0.1) is 19.8 Å². The Morgan fingerprint density at radius 3 is 2.82 bits per heavy atom. The number of para-hydroxylation sites is 1. The number of aromatic nitrogens is 1. The number of carbonyl (C=O) groups excluding carboxylic acids is 1. The molecular formula is C17H20N2O3. The molecule has 22 heavy (non-hydrogen) atoms. The third kappa shape index (κ3) is 2.98. The highest BCUT2D eigenvalue weighted by Crippen LogP contribution is 2.24. The summed E-state index contributed by atoms with van der Waals surface area (Å²) in [6.45, 7) is 5.83. The zero-order chi connectivity index (χ0) is 15.5. The predicted octanol–water partition coefficient (Wildman–Crippen LogP) is 2.97.